The standard InChI is InChI=1S/C25H23FN2O3/c1-16-8-4-6-10-21(16)27-24(29)19(14-18-12-13-23(31-3)20(26)15-18)25(30)28-22-11-7-5-9-17(22)2/h4-15H,1-3H3,(H,27,29)(H,28,30). The lowest BCUT2D eigenvalue weighted by molar-refractivity contribution is -0.118. The van der Waals surface area contributed by atoms with Crippen LogP contribution >= 0.6 is 0 Å². The van der Waals surface area contributed by atoms with Crippen LogP contribution in [-0.2, 0) is 9.59 Å². The fourth-order valence-corrected chi connectivity index (χ4v) is 2.98. The SMILES string of the molecule is COc1ccc(C=C(C(=O)Nc2ccccc2C)C(=O)Nc2ccccc2C)cc1F. The normalized spacial score (nSPS) is 10.2. The van der Waals surface area contributed by atoms with Crippen LogP contribution in [0, 0.1) is 19.7 Å². The minimum Gasteiger partial charge on any atom is -0.494 e. The molecule has 0 aromatic heterocycles. The van der Waals surface area contributed by atoms with Crippen molar-refractivity contribution in [2.75, 3.05) is 17.7 Å². The van der Waals surface area contributed by atoms with Gasteiger partial charge in [-0.3, -0.25) is 9.59 Å². The Morgan fingerprint density at radius 3 is 1.81 bits per heavy atom. The first kappa shape index (κ1) is 21.8. The Labute approximate surface area is 180 Å². The molecule has 0 unspecified atom stereocenters. The average Bonchev–Trinajstić information content (AvgIpc) is 2.75. The van der Waals surface area contributed by atoms with E-state index in [4.69, 9.17) is 4.74 Å². The molecule has 0 aliphatic carbocycles. The summed E-state index contributed by atoms with van der Waals surface area (Å²) in [7, 11) is 1.37. The van der Waals surface area contributed by atoms with Crippen molar-refractivity contribution in [3.05, 3.63) is 94.8 Å². The minimum atomic E-state index is -0.600. The molecule has 6 heteroatoms. The lowest BCUT2D eigenvalue weighted by atomic mass is 10.1. The number of benzene rings is 3. The molecule has 0 spiro atoms. The van der Waals surface area contributed by atoms with Crippen molar-refractivity contribution in [1.82, 2.24) is 0 Å². The number of ether oxygens (including phenoxy) is 1. The third-order valence-corrected chi connectivity index (χ3v) is 4.76. The Bertz CT molecular complexity index is 1090. The second-order valence-corrected chi connectivity index (χ2v) is 6.99. The lowest BCUT2D eigenvalue weighted by Gasteiger charge is -2.13. The van der Waals surface area contributed by atoms with Crippen molar-refractivity contribution in [1.29, 1.82) is 0 Å². The van der Waals surface area contributed by atoms with E-state index in [-0.39, 0.29) is 11.3 Å². The number of nitrogens with one attached hydrogen (secondary N) is 2. The molecular weight excluding hydrogens is 395 g/mol. The molecule has 0 aliphatic rings. The number of rotatable bonds is 6. The lowest BCUT2D eigenvalue weighted by Crippen LogP contribution is -2.26. The molecule has 31 heavy (non-hydrogen) atoms. The summed E-state index contributed by atoms with van der Waals surface area (Å²) in [5.74, 6) is -1.71. The number of methoxy groups -OCH3 is 1. The van der Waals surface area contributed by atoms with Gasteiger partial charge in [0.25, 0.3) is 11.8 Å². The maximum Gasteiger partial charge on any atom is 0.261 e. The van der Waals surface area contributed by atoms with Crippen molar-refractivity contribution >= 4 is 29.3 Å². The summed E-state index contributed by atoms with van der Waals surface area (Å²) in [4.78, 5) is 26.1. The summed E-state index contributed by atoms with van der Waals surface area (Å²) in [6, 6.07) is 18.7. The van der Waals surface area contributed by atoms with Gasteiger partial charge in [0.15, 0.2) is 11.6 Å². The molecule has 5 nitrogen and oxygen atoms in total. The van der Waals surface area contributed by atoms with Crippen LogP contribution in [0.25, 0.3) is 6.08 Å². The van der Waals surface area contributed by atoms with Gasteiger partial charge in [0.2, 0.25) is 0 Å². The predicted octanol–water partition coefficient (Wildman–Crippen LogP) is 5.11. The number of amides is 2. The third kappa shape index (κ3) is 5.36. The second kappa shape index (κ2) is 9.71. The molecule has 2 N–H and O–H groups in total. The van der Waals surface area contributed by atoms with Gasteiger partial charge in [-0.25, -0.2) is 4.39 Å². The first-order valence-corrected chi connectivity index (χ1v) is 9.68. The fourth-order valence-electron chi connectivity index (χ4n) is 2.98. The molecular formula is C25H23FN2O3. The number of carbonyl (C=O) groups is 2. The van der Waals surface area contributed by atoms with Crippen LogP contribution in [-0.4, -0.2) is 18.9 Å². The van der Waals surface area contributed by atoms with Gasteiger partial charge in [-0.2, -0.15) is 0 Å². The van der Waals surface area contributed by atoms with Crippen LogP contribution in [0.3, 0.4) is 0 Å². The van der Waals surface area contributed by atoms with E-state index in [0.29, 0.717) is 16.9 Å². The number of halogens is 1. The zero-order valence-corrected chi connectivity index (χ0v) is 17.5. The van der Waals surface area contributed by atoms with Crippen molar-refractivity contribution in [2.24, 2.45) is 0 Å². The molecule has 0 atom stereocenters. The van der Waals surface area contributed by atoms with Gasteiger partial charge in [-0.05, 0) is 60.9 Å². The molecule has 158 valence electrons. The van der Waals surface area contributed by atoms with Crippen LogP contribution < -0.4 is 15.4 Å². The zero-order valence-electron chi connectivity index (χ0n) is 17.5. The maximum atomic E-state index is 14.1. The molecule has 0 bridgehead atoms. The Kier molecular flexibility index (Phi) is 6.82. The van der Waals surface area contributed by atoms with Crippen molar-refractivity contribution < 1.29 is 18.7 Å². The van der Waals surface area contributed by atoms with E-state index in [9.17, 15) is 14.0 Å². The Morgan fingerprint density at radius 1 is 0.839 bits per heavy atom. The fraction of sp³-hybridized carbons (Fsp3) is 0.120. The Hall–Kier alpha value is -3.93. The number of para-hydroxylation sites is 2. The molecule has 3 rings (SSSR count). The smallest absolute Gasteiger partial charge is 0.261 e. The van der Waals surface area contributed by atoms with Gasteiger partial charge in [0.05, 0.1) is 7.11 Å². The quantitative estimate of drug-likeness (QED) is 0.332. The molecule has 0 aliphatic heterocycles. The molecule has 0 heterocycles. The maximum absolute atomic E-state index is 14.1. The number of anilines is 2. The first-order chi connectivity index (χ1) is 14.9. The van der Waals surface area contributed by atoms with Crippen molar-refractivity contribution in [3.63, 3.8) is 0 Å². The highest BCUT2D eigenvalue weighted by Crippen LogP contribution is 2.22. The number of aryl methyl sites for hydroxylation is 2. The summed E-state index contributed by atoms with van der Waals surface area (Å²) in [6.07, 6.45) is 1.35. The van der Waals surface area contributed by atoms with Gasteiger partial charge >= 0.3 is 0 Å². The van der Waals surface area contributed by atoms with E-state index < -0.39 is 17.6 Å². The largest absolute Gasteiger partial charge is 0.494 e. The molecule has 0 fully saturated rings. The van der Waals surface area contributed by atoms with E-state index in [2.05, 4.69) is 10.6 Å². The second-order valence-electron chi connectivity index (χ2n) is 6.99. The summed E-state index contributed by atoms with van der Waals surface area (Å²) < 4.78 is 19.1. The van der Waals surface area contributed by atoms with Gasteiger partial charge in [0.1, 0.15) is 5.57 Å². The molecule has 3 aromatic carbocycles. The zero-order chi connectivity index (χ0) is 22.4. The molecule has 0 saturated heterocycles. The summed E-state index contributed by atoms with van der Waals surface area (Å²) >= 11 is 0. The van der Waals surface area contributed by atoms with Gasteiger partial charge in [0, 0.05) is 11.4 Å². The molecule has 2 amide bonds. The molecule has 0 radical (unpaired) electrons. The van der Waals surface area contributed by atoms with E-state index >= 15 is 0 Å². The monoisotopic (exact) mass is 418 g/mol. The summed E-state index contributed by atoms with van der Waals surface area (Å²) in [5.41, 5.74) is 3.07. The summed E-state index contributed by atoms with van der Waals surface area (Å²) in [6.45, 7) is 3.70. The van der Waals surface area contributed by atoms with Crippen LogP contribution in [0.15, 0.2) is 72.3 Å². The molecule has 3 aromatic rings. The van der Waals surface area contributed by atoms with Gasteiger partial charge in [-0.1, -0.05) is 42.5 Å². The topological polar surface area (TPSA) is 67.4 Å². The van der Waals surface area contributed by atoms with Crippen LogP contribution in [0.4, 0.5) is 15.8 Å². The van der Waals surface area contributed by atoms with Crippen molar-refractivity contribution in [3.8, 4) is 5.75 Å². The van der Waals surface area contributed by atoms with Gasteiger partial charge < -0.3 is 15.4 Å². The molecule has 0 saturated carbocycles. The highest BCUT2D eigenvalue weighted by atomic mass is 19.1. The number of hydrogen-bond donors (Lipinski definition) is 2. The number of hydrogen-bond acceptors (Lipinski definition) is 3. The van der Waals surface area contributed by atoms with Gasteiger partial charge in [-0.15, -0.1) is 0 Å². The first-order valence-electron chi connectivity index (χ1n) is 9.68. The van der Waals surface area contributed by atoms with E-state index in [1.165, 1.54) is 25.3 Å². The van der Waals surface area contributed by atoms with Crippen LogP contribution in [0.2, 0.25) is 0 Å². The number of carbonyl (C=O) groups excluding carboxylic acids is 2. The van der Waals surface area contributed by atoms with E-state index in [1.807, 2.05) is 38.1 Å². The van der Waals surface area contributed by atoms with Crippen LogP contribution in [0.5, 0.6) is 5.75 Å². The highest BCUT2D eigenvalue weighted by molar-refractivity contribution is 6.29. The minimum absolute atomic E-state index is 0.0763. The van der Waals surface area contributed by atoms with E-state index in [1.54, 1.807) is 30.3 Å². The average molecular weight is 418 g/mol. The third-order valence-electron chi connectivity index (χ3n) is 4.76. The highest BCUT2D eigenvalue weighted by Gasteiger charge is 2.20. The van der Waals surface area contributed by atoms with E-state index in [0.717, 1.165) is 11.1 Å². The predicted molar refractivity (Wildman–Crippen MR) is 121 cm³/mol. The van der Waals surface area contributed by atoms with Crippen molar-refractivity contribution in [2.45, 2.75) is 13.8 Å². The van der Waals surface area contributed by atoms with Crippen LogP contribution in [0.1, 0.15) is 16.7 Å². The Balaban J connectivity index is 1.97. The summed E-state index contributed by atoms with van der Waals surface area (Å²) in [5, 5.41) is 5.53. The Morgan fingerprint density at radius 2 is 1.35 bits per heavy atom.